The van der Waals surface area contributed by atoms with Gasteiger partial charge in [0.05, 0.1) is 22.8 Å². The number of likely N-dealkylation sites (tertiary alicyclic amines) is 1. The zero-order valence-corrected chi connectivity index (χ0v) is 12.1. The van der Waals surface area contributed by atoms with Gasteiger partial charge >= 0.3 is 0 Å². The van der Waals surface area contributed by atoms with Crippen LogP contribution >= 0.6 is 23.2 Å². The van der Waals surface area contributed by atoms with Crippen LogP contribution in [0.25, 0.3) is 0 Å². The Kier molecular flexibility index (Phi) is 4.75. The molecule has 1 unspecified atom stereocenters. The standard InChI is InChI=1S/C13H15Cl2NO4/c14-9-1-2-10(19)12(13(9)15)7-3-11(20)16(4-7)5-8(18)6-17/h1-2,7-8,17-19H,3-6H2/t7-,8?/m1/s1. The van der Waals surface area contributed by atoms with E-state index in [-0.39, 0.29) is 35.6 Å². The number of halogens is 2. The first-order valence-corrected chi connectivity index (χ1v) is 6.93. The number of rotatable bonds is 4. The van der Waals surface area contributed by atoms with Gasteiger partial charge in [0.1, 0.15) is 5.75 Å². The zero-order valence-electron chi connectivity index (χ0n) is 10.6. The molecule has 1 fully saturated rings. The van der Waals surface area contributed by atoms with Crippen LogP contribution in [0, 0.1) is 0 Å². The number of carbonyl (C=O) groups excluding carboxylic acids is 1. The quantitative estimate of drug-likeness (QED) is 0.783. The summed E-state index contributed by atoms with van der Waals surface area (Å²) in [7, 11) is 0. The summed E-state index contributed by atoms with van der Waals surface area (Å²) in [4.78, 5) is 13.3. The van der Waals surface area contributed by atoms with Crippen molar-refractivity contribution in [3.8, 4) is 5.75 Å². The van der Waals surface area contributed by atoms with E-state index in [0.717, 1.165) is 0 Å². The van der Waals surface area contributed by atoms with E-state index in [4.69, 9.17) is 28.3 Å². The number of carbonyl (C=O) groups is 1. The SMILES string of the molecule is O=C1C[C@@H](c2c(O)ccc(Cl)c2Cl)CN1CC(O)CO. The number of benzene rings is 1. The Morgan fingerprint density at radius 1 is 1.40 bits per heavy atom. The summed E-state index contributed by atoms with van der Waals surface area (Å²) in [5.74, 6) is -0.431. The van der Waals surface area contributed by atoms with Crippen LogP contribution in [0.2, 0.25) is 10.0 Å². The lowest BCUT2D eigenvalue weighted by atomic mass is 9.97. The molecule has 0 aliphatic carbocycles. The Balaban J connectivity index is 2.20. The van der Waals surface area contributed by atoms with Gasteiger partial charge in [0.25, 0.3) is 0 Å². The molecule has 110 valence electrons. The molecular formula is C13H15Cl2NO4. The second-order valence-electron chi connectivity index (χ2n) is 4.83. The number of hydrogen-bond acceptors (Lipinski definition) is 4. The largest absolute Gasteiger partial charge is 0.508 e. The molecule has 3 N–H and O–H groups in total. The number of aliphatic hydroxyl groups is 2. The summed E-state index contributed by atoms with van der Waals surface area (Å²) in [5.41, 5.74) is 0.452. The van der Waals surface area contributed by atoms with Crippen molar-refractivity contribution in [1.29, 1.82) is 0 Å². The third-order valence-corrected chi connectivity index (χ3v) is 4.19. The number of amides is 1. The molecule has 5 nitrogen and oxygen atoms in total. The molecule has 7 heteroatoms. The van der Waals surface area contributed by atoms with Crippen LogP contribution in [0.4, 0.5) is 0 Å². The number of aromatic hydroxyl groups is 1. The highest BCUT2D eigenvalue weighted by atomic mass is 35.5. The minimum absolute atomic E-state index is 0.00163. The molecule has 2 rings (SSSR count). The summed E-state index contributed by atoms with van der Waals surface area (Å²) >= 11 is 12.0. The first-order chi connectivity index (χ1) is 9.43. The van der Waals surface area contributed by atoms with E-state index in [2.05, 4.69) is 0 Å². The molecular weight excluding hydrogens is 305 g/mol. The molecule has 1 aromatic rings. The summed E-state index contributed by atoms with van der Waals surface area (Å²) < 4.78 is 0. The van der Waals surface area contributed by atoms with E-state index in [1.807, 2.05) is 0 Å². The van der Waals surface area contributed by atoms with Crippen LogP contribution < -0.4 is 0 Å². The highest BCUT2D eigenvalue weighted by Crippen LogP contribution is 2.41. The zero-order chi connectivity index (χ0) is 14.9. The van der Waals surface area contributed by atoms with Crippen LogP contribution in [-0.4, -0.2) is 51.9 Å². The van der Waals surface area contributed by atoms with Crippen LogP contribution in [0.5, 0.6) is 5.75 Å². The van der Waals surface area contributed by atoms with Crippen LogP contribution in [0.1, 0.15) is 17.9 Å². The predicted octanol–water partition coefficient (Wildman–Crippen LogP) is 1.37. The van der Waals surface area contributed by atoms with Crippen molar-refractivity contribution in [2.24, 2.45) is 0 Å². The van der Waals surface area contributed by atoms with Gasteiger partial charge in [-0.1, -0.05) is 23.2 Å². The van der Waals surface area contributed by atoms with Crippen molar-refractivity contribution in [2.75, 3.05) is 19.7 Å². The fourth-order valence-corrected chi connectivity index (χ4v) is 2.88. The molecule has 1 heterocycles. The highest BCUT2D eigenvalue weighted by Gasteiger charge is 2.34. The van der Waals surface area contributed by atoms with Crippen LogP contribution in [0.15, 0.2) is 12.1 Å². The fourth-order valence-electron chi connectivity index (χ4n) is 2.40. The average molecular weight is 320 g/mol. The topological polar surface area (TPSA) is 81.0 Å². The van der Waals surface area contributed by atoms with Crippen LogP contribution in [0.3, 0.4) is 0 Å². The van der Waals surface area contributed by atoms with Crippen LogP contribution in [-0.2, 0) is 4.79 Å². The molecule has 1 aliphatic rings. The summed E-state index contributed by atoms with van der Waals surface area (Å²) in [6.07, 6.45) is -0.785. The minimum Gasteiger partial charge on any atom is -0.508 e. The third-order valence-electron chi connectivity index (χ3n) is 3.37. The monoisotopic (exact) mass is 319 g/mol. The number of aliphatic hydroxyl groups excluding tert-OH is 2. The van der Waals surface area contributed by atoms with Gasteiger partial charge in [0.2, 0.25) is 5.91 Å². The molecule has 1 aliphatic heterocycles. The molecule has 0 radical (unpaired) electrons. The van der Waals surface area contributed by atoms with Crippen molar-refractivity contribution in [3.63, 3.8) is 0 Å². The van der Waals surface area contributed by atoms with Crippen molar-refractivity contribution in [3.05, 3.63) is 27.7 Å². The van der Waals surface area contributed by atoms with E-state index in [0.29, 0.717) is 17.1 Å². The maximum atomic E-state index is 11.9. The predicted molar refractivity (Wildman–Crippen MR) is 75.2 cm³/mol. The average Bonchev–Trinajstić information content (AvgIpc) is 2.75. The third kappa shape index (κ3) is 3.01. The molecule has 1 saturated heterocycles. The Morgan fingerprint density at radius 2 is 2.10 bits per heavy atom. The number of hydrogen-bond donors (Lipinski definition) is 3. The van der Waals surface area contributed by atoms with E-state index < -0.39 is 12.7 Å². The Bertz CT molecular complexity index is 523. The number of phenols is 1. The molecule has 20 heavy (non-hydrogen) atoms. The summed E-state index contributed by atoms with van der Waals surface area (Å²) in [5, 5.41) is 28.7. The maximum absolute atomic E-state index is 11.9. The molecule has 0 aromatic heterocycles. The number of phenolic OH excluding ortho intramolecular Hbond substituents is 1. The van der Waals surface area contributed by atoms with Gasteiger partial charge in [-0.3, -0.25) is 4.79 Å². The van der Waals surface area contributed by atoms with E-state index >= 15 is 0 Å². The fraction of sp³-hybridized carbons (Fsp3) is 0.462. The molecule has 0 saturated carbocycles. The summed E-state index contributed by atoms with van der Waals surface area (Å²) in [6, 6.07) is 2.94. The van der Waals surface area contributed by atoms with Gasteiger partial charge in [-0.15, -0.1) is 0 Å². The lowest BCUT2D eigenvalue weighted by Crippen LogP contribution is -2.35. The van der Waals surface area contributed by atoms with Crippen molar-refractivity contribution < 1.29 is 20.1 Å². The molecule has 1 amide bonds. The molecule has 0 spiro atoms. The maximum Gasteiger partial charge on any atom is 0.223 e. The second-order valence-corrected chi connectivity index (χ2v) is 5.62. The van der Waals surface area contributed by atoms with Gasteiger partial charge in [-0.05, 0) is 12.1 Å². The highest BCUT2D eigenvalue weighted by molar-refractivity contribution is 6.42. The van der Waals surface area contributed by atoms with Gasteiger partial charge in [0.15, 0.2) is 0 Å². The van der Waals surface area contributed by atoms with E-state index in [9.17, 15) is 15.0 Å². The van der Waals surface area contributed by atoms with Crippen molar-refractivity contribution in [2.45, 2.75) is 18.4 Å². The lowest BCUT2D eigenvalue weighted by Gasteiger charge is -2.20. The first-order valence-electron chi connectivity index (χ1n) is 6.17. The van der Waals surface area contributed by atoms with Gasteiger partial charge < -0.3 is 20.2 Å². The second kappa shape index (κ2) is 6.18. The van der Waals surface area contributed by atoms with E-state index in [1.165, 1.54) is 17.0 Å². The van der Waals surface area contributed by atoms with Crippen molar-refractivity contribution >= 4 is 29.1 Å². The van der Waals surface area contributed by atoms with Gasteiger partial charge in [-0.2, -0.15) is 0 Å². The van der Waals surface area contributed by atoms with Crippen molar-refractivity contribution in [1.82, 2.24) is 4.90 Å². The Hall–Kier alpha value is -1.01. The number of β-amino-alcohol motifs (C(OH)–C–C–N with tert-alkyl or cyclic N) is 1. The first kappa shape index (κ1) is 15.4. The molecule has 2 atom stereocenters. The lowest BCUT2D eigenvalue weighted by molar-refractivity contribution is -0.129. The number of nitrogens with zero attached hydrogens (tertiary/aromatic N) is 1. The minimum atomic E-state index is -0.971. The normalized spacial score (nSPS) is 20.5. The smallest absolute Gasteiger partial charge is 0.223 e. The van der Waals surface area contributed by atoms with E-state index in [1.54, 1.807) is 0 Å². The van der Waals surface area contributed by atoms with Gasteiger partial charge in [0, 0.05) is 31.0 Å². The molecule has 0 bridgehead atoms. The Labute approximate surface area is 126 Å². The molecule has 1 aromatic carbocycles. The van der Waals surface area contributed by atoms with Gasteiger partial charge in [-0.25, -0.2) is 0 Å². The Morgan fingerprint density at radius 3 is 2.75 bits per heavy atom. The summed E-state index contributed by atoms with van der Waals surface area (Å²) in [6.45, 7) is -0.0219.